The van der Waals surface area contributed by atoms with E-state index in [9.17, 15) is 8.78 Å². The lowest BCUT2D eigenvalue weighted by molar-refractivity contribution is 0.0700. The van der Waals surface area contributed by atoms with Crippen LogP contribution in [0.5, 0.6) is 0 Å². The van der Waals surface area contributed by atoms with Crippen LogP contribution in [0.4, 0.5) is 8.78 Å². The zero-order valence-electron chi connectivity index (χ0n) is 11.8. The third-order valence-corrected chi connectivity index (χ3v) is 3.59. The van der Waals surface area contributed by atoms with Crippen LogP contribution in [0.25, 0.3) is 0 Å². The standard InChI is InChI=1S/C14H25F2N3/c1-4-11(13(15)16)7-6-8-18-14(17-3)12-9-19(5-2)10-12/h4,6-7,11-14,17-18H,1,5,8-10H2,2-3H3. The number of rotatable bonds is 9. The molecule has 1 aliphatic heterocycles. The fourth-order valence-electron chi connectivity index (χ4n) is 2.27. The maximum atomic E-state index is 12.5. The van der Waals surface area contributed by atoms with Crippen molar-refractivity contribution in [2.45, 2.75) is 19.5 Å². The van der Waals surface area contributed by atoms with Gasteiger partial charge >= 0.3 is 0 Å². The van der Waals surface area contributed by atoms with Gasteiger partial charge < -0.3 is 10.2 Å². The van der Waals surface area contributed by atoms with Crippen LogP contribution < -0.4 is 10.6 Å². The van der Waals surface area contributed by atoms with Crippen molar-refractivity contribution in [3.05, 3.63) is 24.8 Å². The van der Waals surface area contributed by atoms with E-state index in [-0.39, 0.29) is 6.17 Å². The molecule has 1 saturated heterocycles. The van der Waals surface area contributed by atoms with Gasteiger partial charge in [0.1, 0.15) is 0 Å². The van der Waals surface area contributed by atoms with Crippen LogP contribution in [0.15, 0.2) is 24.8 Å². The van der Waals surface area contributed by atoms with Gasteiger partial charge in [-0.1, -0.05) is 25.2 Å². The normalized spacial score (nSPS) is 20.7. The predicted octanol–water partition coefficient (Wildman–Crippen LogP) is 1.70. The Morgan fingerprint density at radius 2 is 2.11 bits per heavy atom. The first-order valence-corrected chi connectivity index (χ1v) is 6.82. The molecule has 0 bridgehead atoms. The van der Waals surface area contributed by atoms with Gasteiger partial charge in [-0.05, 0) is 13.6 Å². The number of allylic oxidation sites excluding steroid dienone is 2. The van der Waals surface area contributed by atoms with E-state index in [2.05, 4.69) is 29.0 Å². The molecule has 0 radical (unpaired) electrons. The second-order valence-corrected chi connectivity index (χ2v) is 4.86. The lowest BCUT2D eigenvalue weighted by Crippen LogP contribution is -2.59. The minimum absolute atomic E-state index is 0.237. The quantitative estimate of drug-likeness (QED) is 0.494. The van der Waals surface area contributed by atoms with Crippen molar-refractivity contribution in [3.8, 4) is 0 Å². The molecule has 0 saturated carbocycles. The summed E-state index contributed by atoms with van der Waals surface area (Å²) in [4.78, 5) is 2.37. The van der Waals surface area contributed by atoms with Crippen LogP contribution >= 0.6 is 0 Å². The molecule has 3 nitrogen and oxygen atoms in total. The molecule has 1 rings (SSSR count). The molecule has 1 fully saturated rings. The number of halogens is 2. The molecule has 5 heteroatoms. The van der Waals surface area contributed by atoms with E-state index in [1.54, 1.807) is 6.08 Å². The number of hydrogen-bond donors (Lipinski definition) is 2. The molecule has 2 atom stereocenters. The van der Waals surface area contributed by atoms with E-state index < -0.39 is 12.3 Å². The van der Waals surface area contributed by atoms with Crippen LogP contribution in [-0.2, 0) is 0 Å². The van der Waals surface area contributed by atoms with Crippen molar-refractivity contribution >= 4 is 0 Å². The summed E-state index contributed by atoms with van der Waals surface area (Å²) >= 11 is 0. The minimum atomic E-state index is -2.38. The van der Waals surface area contributed by atoms with Crippen molar-refractivity contribution in [1.29, 1.82) is 0 Å². The maximum Gasteiger partial charge on any atom is 0.248 e. The molecular formula is C14H25F2N3. The van der Waals surface area contributed by atoms with Gasteiger partial charge in [-0.15, -0.1) is 6.58 Å². The van der Waals surface area contributed by atoms with E-state index in [1.165, 1.54) is 12.2 Å². The first kappa shape index (κ1) is 16.3. The van der Waals surface area contributed by atoms with Crippen LogP contribution in [0, 0.1) is 11.8 Å². The second-order valence-electron chi connectivity index (χ2n) is 4.86. The van der Waals surface area contributed by atoms with Gasteiger partial charge in [-0.3, -0.25) is 5.32 Å². The SMILES string of the molecule is C=CC(C=CCNC(NC)C1CN(CC)C1)C(F)F. The Kier molecular flexibility index (Phi) is 7.20. The van der Waals surface area contributed by atoms with Crippen molar-refractivity contribution in [2.24, 2.45) is 11.8 Å². The second kappa shape index (κ2) is 8.40. The Morgan fingerprint density at radius 3 is 2.58 bits per heavy atom. The molecule has 1 aliphatic rings. The fraction of sp³-hybridized carbons (Fsp3) is 0.714. The molecular weight excluding hydrogens is 248 g/mol. The molecule has 0 amide bonds. The van der Waals surface area contributed by atoms with Gasteiger partial charge in [-0.2, -0.15) is 0 Å². The number of alkyl halides is 2. The molecule has 110 valence electrons. The highest BCUT2D eigenvalue weighted by Gasteiger charge is 2.31. The Bertz CT molecular complexity index is 288. The van der Waals surface area contributed by atoms with Crippen molar-refractivity contribution in [2.75, 3.05) is 33.2 Å². The van der Waals surface area contributed by atoms with E-state index in [4.69, 9.17) is 0 Å². The highest BCUT2D eigenvalue weighted by molar-refractivity contribution is 5.00. The summed E-state index contributed by atoms with van der Waals surface area (Å²) in [5, 5.41) is 6.56. The highest BCUT2D eigenvalue weighted by Crippen LogP contribution is 2.17. The number of likely N-dealkylation sites (tertiary alicyclic amines) is 1. The third kappa shape index (κ3) is 5.01. The van der Waals surface area contributed by atoms with Gasteiger partial charge in [0.25, 0.3) is 0 Å². The summed E-state index contributed by atoms with van der Waals surface area (Å²) in [7, 11) is 1.92. The summed E-state index contributed by atoms with van der Waals surface area (Å²) in [6, 6.07) is 0. The van der Waals surface area contributed by atoms with E-state index in [1.807, 2.05) is 7.05 Å². The van der Waals surface area contributed by atoms with E-state index in [0.29, 0.717) is 12.5 Å². The molecule has 1 heterocycles. The monoisotopic (exact) mass is 273 g/mol. The van der Waals surface area contributed by atoms with Crippen LogP contribution in [0.1, 0.15) is 6.92 Å². The Hall–Kier alpha value is -0.780. The van der Waals surface area contributed by atoms with Crippen molar-refractivity contribution in [3.63, 3.8) is 0 Å². The van der Waals surface area contributed by atoms with E-state index >= 15 is 0 Å². The average molecular weight is 273 g/mol. The fourth-order valence-corrected chi connectivity index (χ4v) is 2.27. The largest absolute Gasteiger partial charge is 0.305 e. The summed E-state index contributed by atoms with van der Waals surface area (Å²) < 4.78 is 24.9. The molecule has 2 N–H and O–H groups in total. The van der Waals surface area contributed by atoms with Gasteiger partial charge in [0, 0.05) is 25.6 Å². The molecule has 2 unspecified atom stereocenters. The van der Waals surface area contributed by atoms with Crippen molar-refractivity contribution < 1.29 is 8.78 Å². The van der Waals surface area contributed by atoms with Gasteiger partial charge in [0.05, 0.1) is 12.1 Å². The van der Waals surface area contributed by atoms with Gasteiger partial charge in [0.15, 0.2) is 0 Å². The number of nitrogens with zero attached hydrogens (tertiary/aromatic N) is 1. The molecule has 0 aromatic rings. The topological polar surface area (TPSA) is 27.3 Å². The zero-order chi connectivity index (χ0) is 14.3. The summed E-state index contributed by atoms with van der Waals surface area (Å²) in [6.07, 6.45) is 2.40. The average Bonchev–Trinajstić information content (AvgIpc) is 2.34. The summed E-state index contributed by atoms with van der Waals surface area (Å²) in [5.41, 5.74) is 0. The highest BCUT2D eigenvalue weighted by atomic mass is 19.3. The van der Waals surface area contributed by atoms with Crippen molar-refractivity contribution in [1.82, 2.24) is 15.5 Å². The molecule has 0 aromatic heterocycles. The zero-order valence-corrected chi connectivity index (χ0v) is 11.8. The van der Waals surface area contributed by atoms with Gasteiger partial charge in [-0.25, -0.2) is 8.78 Å². The lowest BCUT2D eigenvalue weighted by atomic mass is 9.96. The smallest absolute Gasteiger partial charge is 0.248 e. The maximum absolute atomic E-state index is 12.5. The molecule has 0 spiro atoms. The first-order chi connectivity index (χ1) is 9.12. The number of hydrogen-bond acceptors (Lipinski definition) is 3. The Morgan fingerprint density at radius 1 is 1.42 bits per heavy atom. The van der Waals surface area contributed by atoms with Crippen LogP contribution in [0.3, 0.4) is 0 Å². The Balaban J connectivity index is 2.26. The minimum Gasteiger partial charge on any atom is -0.305 e. The van der Waals surface area contributed by atoms with Gasteiger partial charge in [0.2, 0.25) is 6.43 Å². The van der Waals surface area contributed by atoms with Crippen LogP contribution in [0.2, 0.25) is 0 Å². The Labute approximate surface area is 114 Å². The van der Waals surface area contributed by atoms with E-state index in [0.717, 1.165) is 19.6 Å². The molecule has 0 aromatic carbocycles. The lowest BCUT2D eigenvalue weighted by Gasteiger charge is -2.43. The third-order valence-electron chi connectivity index (χ3n) is 3.59. The predicted molar refractivity (Wildman–Crippen MR) is 75.3 cm³/mol. The number of nitrogens with one attached hydrogen (secondary N) is 2. The van der Waals surface area contributed by atoms with Crippen LogP contribution in [-0.4, -0.2) is 50.7 Å². The first-order valence-electron chi connectivity index (χ1n) is 6.82. The summed E-state index contributed by atoms with van der Waals surface area (Å²) in [5.74, 6) is -0.266. The molecule has 19 heavy (non-hydrogen) atoms. The molecule has 0 aliphatic carbocycles. The summed E-state index contributed by atoms with van der Waals surface area (Å²) in [6.45, 7) is 9.42.